The first-order valence-electron chi connectivity index (χ1n) is 10.5. The second kappa shape index (κ2) is 7.36. The third kappa shape index (κ3) is 3.39. The second-order valence-corrected chi connectivity index (χ2v) is 8.06. The number of hydrogen-bond acceptors (Lipinski definition) is 3. The van der Waals surface area contributed by atoms with Gasteiger partial charge in [-0.1, -0.05) is 24.3 Å². The summed E-state index contributed by atoms with van der Waals surface area (Å²) >= 11 is 0. The van der Waals surface area contributed by atoms with E-state index in [1.54, 1.807) is 6.33 Å². The first-order valence-corrected chi connectivity index (χ1v) is 10.5. The number of piperidine rings is 1. The lowest BCUT2D eigenvalue weighted by molar-refractivity contribution is 0.578. The number of aromatic nitrogens is 3. The molecule has 5 rings (SSSR count). The Hall–Kier alpha value is -3.14. The van der Waals surface area contributed by atoms with Crippen LogP contribution in [0.1, 0.15) is 30.4 Å². The summed E-state index contributed by atoms with van der Waals surface area (Å²) in [7, 11) is 0. The van der Waals surface area contributed by atoms with Gasteiger partial charge in [-0.25, -0.2) is 9.50 Å². The zero-order valence-electron chi connectivity index (χ0n) is 17.1. The van der Waals surface area contributed by atoms with E-state index in [-0.39, 0.29) is 0 Å². The first kappa shape index (κ1) is 17.9. The molecule has 2 aromatic heterocycles. The van der Waals surface area contributed by atoms with Crippen molar-refractivity contribution in [2.75, 3.05) is 18.0 Å². The van der Waals surface area contributed by atoms with Gasteiger partial charge in [0, 0.05) is 36.1 Å². The molecule has 0 spiro atoms. The van der Waals surface area contributed by atoms with Crippen LogP contribution < -0.4 is 4.90 Å². The van der Waals surface area contributed by atoms with Gasteiger partial charge in [0.2, 0.25) is 0 Å². The molecule has 1 fully saturated rings. The lowest BCUT2D eigenvalue weighted by Crippen LogP contribution is -2.29. The van der Waals surface area contributed by atoms with Gasteiger partial charge in [-0.2, -0.15) is 5.10 Å². The van der Waals surface area contributed by atoms with Crippen molar-refractivity contribution in [3.05, 3.63) is 72.2 Å². The van der Waals surface area contributed by atoms with E-state index < -0.39 is 0 Å². The third-order valence-electron chi connectivity index (χ3n) is 6.11. The standard InChI is InChI=1S/C25H26N4/c1-18-6-7-21(14-19(18)2)25-24-15-22(16-29(24)27-17-26-25)20-8-10-23(11-9-20)28-12-4-3-5-13-28/h6-11,14-17H,3-5,12-13H2,1-2H3. The summed E-state index contributed by atoms with van der Waals surface area (Å²) in [6, 6.07) is 17.6. The van der Waals surface area contributed by atoms with Crippen molar-refractivity contribution in [2.24, 2.45) is 0 Å². The molecule has 0 amide bonds. The van der Waals surface area contributed by atoms with Crippen molar-refractivity contribution >= 4 is 11.2 Å². The van der Waals surface area contributed by atoms with Crippen LogP contribution in [0.25, 0.3) is 27.9 Å². The molecule has 0 N–H and O–H groups in total. The summed E-state index contributed by atoms with van der Waals surface area (Å²) in [4.78, 5) is 7.08. The monoisotopic (exact) mass is 382 g/mol. The van der Waals surface area contributed by atoms with Crippen molar-refractivity contribution in [3.8, 4) is 22.4 Å². The maximum atomic E-state index is 4.59. The Bertz CT molecular complexity index is 1150. The van der Waals surface area contributed by atoms with E-state index >= 15 is 0 Å². The van der Waals surface area contributed by atoms with Gasteiger partial charge >= 0.3 is 0 Å². The van der Waals surface area contributed by atoms with E-state index in [1.807, 2.05) is 4.52 Å². The Labute approximate surface area is 171 Å². The van der Waals surface area contributed by atoms with Crippen molar-refractivity contribution in [1.82, 2.24) is 14.6 Å². The van der Waals surface area contributed by atoms with Crippen molar-refractivity contribution in [1.29, 1.82) is 0 Å². The molecule has 2 aromatic carbocycles. The van der Waals surface area contributed by atoms with Crippen LogP contribution in [0.2, 0.25) is 0 Å². The second-order valence-electron chi connectivity index (χ2n) is 8.06. The summed E-state index contributed by atoms with van der Waals surface area (Å²) < 4.78 is 1.94. The highest BCUT2D eigenvalue weighted by atomic mass is 15.2. The Morgan fingerprint density at radius 1 is 0.759 bits per heavy atom. The number of hydrogen-bond donors (Lipinski definition) is 0. The van der Waals surface area contributed by atoms with Crippen LogP contribution in [0.4, 0.5) is 5.69 Å². The highest BCUT2D eigenvalue weighted by Gasteiger charge is 2.13. The number of nitrogens with zero attached hydrogens (tertiary/aromatic N) is 4. The molecule has 29 heavy (non-hydrogen) atoms. The largest absolute Gasteiger partial charge is 0.372 e. The predicted octanol–water partition coefficient (Wildman–Crippen LogP) is 5.67. The summed E-state index contributed by atoms with van der Waals surface area (Å²) in [5.41, 5.74) is 9.41. The molecular formula is C25H26N4. The van der Waals surface area contributed by atoms with Gasteiger partial charge in [-0.3, -0.25) is 0 Å². The van der Waals surface area contributed by atoms with Crippen molar-refractivity contribution < 1.29 is 0 Å². The van der Waals surface area contributed by atoms with Crippen molar-refractivity contribution in [3.63, 3.8) is 0 Å². The fourth-order valence-corrected chi connectivity index (χ4v) is 4.22. The maximum Gasteiger partial charge on any atom is 0.137 e. The Balaban J connectivity index is 1.51. The minimum absolute atomic E-state index is 0.972. The van der Waals surface area contributed by atoms with Crippen LogP contribution in [-0.4, -0.2) is 27.7 Å². The van der Waals surface area contributed by atoms with Gasteiger partial charge in [0.05, 0.1) is 11.2 Å². The molecule has 0 radical (unpaired) electrons. The molecule has 0 atom stereocenters. The average Bonchev–Trinajstić information content (AvgIpc) is 3.21. The third-order valence-corrected chi connectivity index (χ3v) is 6.11. The van der Waals surface area contributed by atoms with Gasteiger partial charge in [0.15, 0.2) is 0 Å². The van der Waals surface area contributed by atoms with Crippen molar-refractivity contribution in [2.45, 2.75) is 33.1 Å². The predicted molar refractivity (Wildman–Crippen MR) is 119 cm³/mol. The SMILES string of the molecule is Cc1ccc(-c2ncnn3cc(-c4ccc(N5CCCCC5)cc4)cc23)cc1C. The van der Waals surface area contributed by atoms with E-state index in [2.05, 4.69) is 83.6 Å². The Morgan fingerprint density at radius 2 is 1.52 bits per heavy atom. The summed E-state index contributed by atoms with van der Waals surface area (Å²) in [5.74, 6) is 0. The molecule has 4 nitrogen and oxygen atoms in total. The molecule has 4 heteroatoms. The van der Waals surface area contributed by atoms with Gasteiger partial charge in [0.1, 0.15) is 6.33 Å². The fraction of sp³-hybridized carbons (Fsp3) is 0.280. The topological polar surface area (TPSA) is 33.4 Å². The molecule has 0 aliphatic carbocycles. The molecule has 3 heterocycles. The first-order chi connectivity index (χ1) is 14.2. The van der Waals surface area contributed by atoms with Gasteiger partial charge in [0.25, 0.3) is 0 Å². The number of rotatable bonds is 3. The van der Waals surface area contributed by atoms with E-state index in [0.717, 1.165) is 16.8 Å². The van der Waals surface area contributed by atoms with Crippen LogP contribution in [0.5, 0.6) is 0 Å². The van der Waals surface area contributed by atoms with E-state index in [1.165, 1.54) is 60.3 Å². The normalized spacial score (nSPS) is 14.5. The molecule has 0 saturated carbocycles. The highest BCUT2D eigenvalue weighted by molar-refractivity contribution is 5.82. The van der Waals surface area contributed by atoms with E-state index in [0.29, 0.717) is 0 Å². The molecule has 0 unspecified atom stereocenters. The van der Waals surface area contributed by atoms with Gasteiger partial charge in [-0.15, -0.1) is 0 Å². The van der Waals surface area contributed by atoms with Crippen LogP contribution in [0.15, 0.2) is 61.1 Å². The van der Waals surface area contributed by atoms with Crippen LogP contribution in [-0.2, 0) is 0 Å². The van der Waals surface area contributed by atoms with Crippen LogP contribution in [0.3, 0.4) is 0 Å². The van der Waals surface area contributed by atoms with E-state index in [4.69, 9.17) is 0 Å². The zero-order valence-corrected chi connectivity index (χ0v) is 17.1. The number of aryl methyl sites for hydroxylation is 2. The van der Waals surface area contributed by atoms with Crippen LogP contribution in [0, 0.1) is 13.8 Å². The Kier molecular flexibility index (Phi) is 4.55. The minimum Gasteiger partial charge on any atom is -0.372 e. The summed E-state index contributed by atoms with van der Waals surface area (Å²) in [5, 5.41) is 4.44. The Morgan fingerprint density at radius 3 is 2.28 bits per heavy atom. The number of fused-ring (bicyclic) bond motifs is 1. The van der Waals surface area contributed by atoms with E-state index in [9.17, 15) is 0 Å². The summed E-state index contributed by atoms with van der Waals surface area (Å²) in [6.07, 6.45) is 7.69. The minimum atomic E-state index is 0.972. The highest BCUT2D eigenvalue weighted by Crippen LogP contribution is 2.30. The van der Waals surface area contributed by atoms with Crippen LogP contribution >= 0.6 is 0 Å². The molecule has 4 aromatic rings. The maximum absolute atomic E-state index is 4.59. The lowest BCUT2D eigenvalue weighted by atomic mass is 10.0. The molecule has 0 bridgehead atoms. The lowest BCUT2D eigenvalue weighted by Gasteiger charge is -2.28. The molecule has 146 valence electrons. The number of anilines is 1. The quantitative estimate of drug-likeness (QED) is 0.458. The molecule has 1 saturated heterocycles. The summed E-state index contributed by atoms with van der Waals surface area (Å²) in [6.45, 7) is 6.62. The number of benzene rings is 2. The van der Waals surface area contributed by atoms with Gasteiger partial charge in [-0.05, 0) is 74.1 Å². The van der Waals surface area contributed by atoms with Gasteiger partial charge < -0.3 is 4.90 Å². The fourth-order valence-electron chi connectivity index (χ4n) is 4.22. The average molecular weight is 383 g/mol. The zero-order chi connectivity index (χ0) is 19.8. The molecule has 1 aliphatic heterocycles. The smallest absolute Gasteiger partial charge is 0.137 e. The molecular weight excluding hydrogens is 356 g/mol. The molecule has 1 aliphatic rings.